The Balaban J connectivity index is 1.47. The van der Waals surface area contributed by atoms with E-state index in [2.05, 4.69) is 30.2 Å². The third-order valence-electron chi connectivity index (χ3n) is 6.68. The van der Waals surface area contributed by atoms with Crippen molar-refractivity contribution in [1.82, 2.24) is 34.8 Å². The summed E-state index contributed by atoms with van der Waals surface area (Å²) in [5, 5.41) is 2.24. The van der Waals surface area contributed by atoms with Crippen molar-refractivity contribution in [3.05, 3.63) is 65.5 Å². The molecule has 4 aromatic rings. The molecule has 3 aromatic heterocycles. The highest BCUT2D eigenvalue weighted by Gasteiger charge is 2.42. The maximum Gasteiger partial charge on any atom is 0.434 e. The number of nitrogens with zero attached hydrogens (tertiary/aromatic N) is 6. The summed E-state index contributed by atoms with van der Waals surface area (Å²) in [6, 6.07) is 4.14. The number of ether oxygens (including phenoxy) is 2. The highest BCUT2D eigenvalue weighted by molar-refractivity contribution is 5.66. The first kappa shape index (κ1) is 29.2. The fourth-order valence-corrected chi connectivity index (χ4v) is 4.49. The van der Waals surface area contributed by atoms with Crippen molar-refractivity contribution in [2.75, 3.05) is 14.2 Å². The smallest absolute Gasteiger partial charge is 0.434 e. The van der Waals surface area contributed by atoms with Crippen LogP contribution in [0.5, 0.6) is 11.8 Å². The van der Waals surface area contributed by atoms with Gasteiger partial charge in [-0.15, -0.1) is 0 Å². The normalized spacial score (nSPS) is 14.6. The topological polar surface area (TPSA) is 99.9 Å². The Morgan fingerprint density at radius 1 is 1.00 bits per heavy atom. The van der Waals surface area contributed by atoms with Gasteiger partial charge >= 0.3 is 12.4 Å². The highest BCUT2D eigenvalue weighted by Crippen LogP contribution is 2.45. The van der Waals surface area contributed by atoms with Gasteiger partial charge in [0.25, 0.3) is 0 Å². The molecule has 0 amide bonds. The van der Waals surface area contributed by atoms with Gasteiger partial charge in [0.05, 0.1) is 18.4 Å². The molecular weight excluding hydrogens is 568 g/mol. The number of alkyl halides is 6. The maximum absolute atomic E-state index is 13.9. The van der Waals surface area contributed by atoms with E-state index >= 15 is 0 Å². The molecule has 222 valence electrons. The number of aryl methyl sites for hydroxylation is 1. The summed E-state index contributed by atoms with van der Waals surface area (Å²) in [5.74, 6) is 0.160. The van der Waals surface area contributed by atoms with Crippen molar-refractivity contribution in [3.63, 3.8) is 0 Å². The van der Waals surface area contributed by atoms with Gasteiger partial charge in [-0.25, -0.2) is 19.9 Å². The second kappa shape index (κ2) is 11.2. The molecule has 0 aliphatic heterocycles. The number of benzene rings is 1. The summed E-state index contributed by atoms with van der Waals surface area (Å²) in [6.45, 7) is -0.190. The minimum atomic E-state index is -4.68. The van der Waals surface area contributed by atoms with E-state index in [-0.39, 0.29) is 41.5 Å². The molecule has 1 aromatic carbocycles. The molecule has 3 heterocycles. The van der Waals surface area contributed by atoms with Gasteiger partial charge in [-0.2, -0.15) is 31.3 Å². The first-order valence-electron chi connectivity index (χ1n) is 12.7. The molecular formula is C27H25F6N7O2. The fourth-order valence-electron chi connectivity index (χ4n) is 4.49. The Kier molecular flexibility index (Phi) is 7.79. The zero-order valence-electron chi connectivity index (χ0n) is 22.6. The van der Waals surface area contributed by atoms with E-state index in [9.17, 15) is 26.3 Å². The summed E-state index contributed by atoms with van der Waals surface area (Å²) >= 11 is 0. The molecule has 1 N–H and O–H groups in total. The average Bonchev–Trinajstić information content (AvgIpc) is 3.72. The van der Waals surface area contributed by atoms with E-state index in [1.165, 1.54) is 25.1 Å². The number of methoxy groups -OCH3 is 1. The number of nitrogens with one attached hydrogen (secondary N) is 1. The number of hydrogen-bond donors (Lipinski definition) is 1. The van der Waals surface area contributed by atoms with E-state index in [1.807, 2.05) is 0 Å². The van der Waals surface area contributed by atoms with Gasteiger partial charge in [0.15, 0.2) is 11.5 Å². The lowest BCUT2D eigenvalue weighted by Crippen LogP contribution is -2.32. The van der Waals surface area contributed by atoms with Gasteiger partial charge in [-0.3, -0.25) is 0 Å². The molecule has 1 aliphatic rings. The second-order valence-corrected chi connectivity index (χ2v) is 9.68. The number of imidazole rings is 1. The van der Waals surface area contributed by atoms with Gasteiger partial charge in [-0.1, -0.05) is 24.3 Å². The van der Waals surface area contributed by atoms with Crippen LogP contribution < -0.4 is 14.8 Å². The van der Waals surface area contributed by atoms with E-state index in [0.29, 0.717) is 22.4 Å². The molecule has 1 atom stereocenters. The number of aromatic nitrogens is 6. The van der Waals surface area contributed by atoms with Crippen LogP contribution in [0.15, 0.2) is 43.0 Å². The maximum atomic E-state index is 13.9. The van der Waals surface area contributed by atoms with Crippen LogP contribution in [0.3, 0.4) is 0 Å². The average molecular weight is 594 g/mol. The third kappa shape index (κ3) is 6.00. The predicted molar refractivity (Wildman–Crippen MR) is 137 cm³/mol. The number of halogens is 6. The Labute approximate surface area is 236 Å². The molecule has 0 saturated heterocycles. The van der Waals surface area contributed by atoms with Crippen LogP contribution >= 0.6 is 0 Å². The highest BCUT2D eigenvalue weighted by atomic mass is 19.4. The Hall–Kier alpha value is -4.27. The van der Waals surface area contributed by atoms with E-state index in [1.54, 1.807) is 24.3 Å². The van der Waals surface area contributed by atoms with Gasteiger partial charge in [0.2, 0.25) is 11.8 Å². The summed E-state index contributed by atoms with van der Waals surface area (Å²) in [4.78, 5) is 20.7. The zero-order valence-corrected chi connectivity index (χ0v) is 22.6. The molecule has 42 heavy (non-hydrogen) atoms. The van der Waals surface area contributed by atoms with Crippen molar-refractivity contribution in [3.8, 4) is 34.5 Å². The molecule has 0 spiro atoms. The van der Waals surface area contributed by atoms with Crippen LogP contribution in [0.1, 0.15) is 47.3 Å². The Morgan fingerprint density at radius 3 is 2.29 bits per heavy atom. The molecule has 1 saturated carbocycles. The van der Waals surface area contributed by atoms with Gasteiger partial charge in [-0.05, 0) is 25.5 Å². The zero-order chi connectivity index (χ0) is 30.2. The second-order valence-electron chi connectivity index (χ2n) is 9.68. The summed E-state index contributed by atoms with van der Waals surface area (Å²) in [6.07, 6.45) is -4.20. The summed E-state index contributed by atoms with van der Waals surface area (Å²) in [7, 11) is 4.02. The minimum Gasteiger partial charge on any atom is -0.480 e. The fraction of sp³-hybridized carbons (Fsp3) is 0.370. The lowest BCUT2D eigenvalue weighted by molar-refractivity contribution is -0.156. The Bertz CT molecular complexity index is 1570. The third-order valence-corrected chi connectivity index (χ3v) is 6.68. The lowest BCUT2D eigenvalue weighted by atomic mass is 10.1. The minimum absolute atomic E-state index is 0.0516. The number of hydrogen-bond acceptors (Lipinski definition) is 8. The van der Waals surface area contributed by atoms with Crippen molar-refractivity contribution in [2.24, 2.45) is 7.05 Å². The molecule has 1 fully saturated rings. The Morgan fingerprint density at radius 2 is 1.71 bits per heavy atom. The van der Waals surface area contributed by atoms with E-state index in [4.69, 9.17) is 9.47 Å². The van der Waals surface area contributed by atoms with Crippen molar-refractivity contribution >= 4 is 0 Å². The van der Waals surface area contributed by atoms with Crippen LogP contribution in [0.25, 0.3) is 22.8 Å². The molecule has 1 aliphatic carbocycles. The molecule has 0 bridgehead atoms. The van der Waals surface area contributed by atoms with Crippen LogP contribution in [0.2, 0.25) is 0 Å². The SMILES string of the molecule is CNC(c1cnc(-c2c(OC)ncnc2C2CC2)nc1OCc1ccc(-c2nc(C(F)(F)F)cn2C)cc1)C(F)(F)F. The quantitative estimate of drug-likeness (QED) is 0.249. The summed E-state index contributed by atoms with van der Waals surface area (Å²) in [5.41, 5.74) is 0.611. The lowest BCUT2D eigenvalue weighted by Gasteiger charge is -2.22. The van der Waals surface area contributed by atoms with Crippen molar-refractivity contribution in [2.45, 2.75) is 43.8 Å². The first-order chi connectivity index (χ1) is 19.9. The largest absolute Gasteiger partial charge is 0.480 e. The molecule has 1 unspecified atom stereocenters. The predicted octanol–water partition coefficient (Wildman–Crippen LogP) is 5.64. The summed E-state index contributed by atoms with van der Waals surface area (Å²) < 4.78 is 93.3. The standard InChI is InChI=1S/C27H25F6N7O2/c1-34-21(27(31,32)33)17-10-35-22(19-20(15-8-9-15)36-13-37-25(19)41-3)39-24(17)42-12-14-4-6-16(7-5-14)23-38-18(11-40(23)2)26(28,29)30/h4-7,10-11,13,15,21,34H,8-9,12H2,1-3H3. The number of rotatable bonds is 9. The molecule has 9 nitrogen and oxygen atoms in total. The van der Waals surface area contributed by atoms with Gasteiger partial charge in [0, 0.05) is 30.9 Å². The van der Waals surface area contributed by atoms with Crippen molar-refractivity contribution in [1.29, 1.82) is 0 Å². The van der Waals surface area contributed by atoms with E-state index in [0.717, 1.165) is 32.3 Å². The van der Waals surface area contributed by atoms with E-state index < -0.39 is 24.1 Å². The van der Waals surface area contributed by atoms with Crippen molar-refractivity contribution < 1.29 is 35.8 Å². The van der Waals surface area contributed by atoms with Gasteiger partial charge < -0.3 is 19.4 Å². The van der Waals surface area contributed by atoms with Crippen LogP contribution in [0, 0.1) is 0 Å². The van der Waals surface area contributed by atoms with Crippen LogP contribution in [-0.4, -0.2) is 49.8 Å². The monoisotopic (exact) mass is 593 g/mol. The molecule has 15 heteroatoms. The van der Waals surface area contributed by atoms with Gasteiger partial charge in [0.1, 0.15) is 30.4 Å². The van der Waals surface area contributed by atoms with Crippen LogP contribution in [-0.2, 0) is 19.8 Å². The molecule has 0 radical (unpaired) electrons. The molecule has 5 rings (SSSR count). The van der Waals surface area contributed by atoms with Crippen LogP contribution in [0.4, 0.5) is 26.3 Å². The first-order valence-corrected chi connectivity index (χ1v) is 12.7.